The first-order valence-corrected chi connectivity index (χ1v) is 6.89. The molecule has 0 saturated carbocycles. The molecule has 0 radical (unpaired) electrons. The van der Waals surface area contributed by atoms with Gasteiger partial charge < -0.3 is 15.7 Å². The van der Waals surface area contributed by atoms with E-state index in [0.717, 1.165) is 0 Å². The fourth-order valence-electron chi connectivity index (χ4n) is 1.56. The van der Waals surface area contributed by atoms with Crippen LogP contribution >= 0.6 is 11.3 Å². The lowest BCUT2D eigenvalue weighted by atomic mass is 10.2. The van der Waals surface area contributed by atoms with Crippen LogP contribution in [0.2, 0.25) is 0 Å². The lowest BCUT2D eigenvalue weighted by Crippen LogP contribution is -2.41. The predicted octanol–water partition coefficient (Wildman–Crippen LogP) is 2.21. The molecule has 1 aromatic carbocycles. The zero-order valence-corrected chi connectivity index (χ0v) is 11.6. The number of hydrogen-bond acceptors (Lipinski definition) is 4. The number of thiophene rings is 1. The van der Waals surface area contributed by atoms with Crippen molar-refractivity contribution in [1.82, 2.24) is 5.32 Å². The summed E-state index contributed by atoms with van der Waals surface area (Å²) in [5.74, 6) is -0.700. The molecule has 2 rings (SSSR count). The summed E-state index contributed by atoms with van der Waals surface area (Å²) in [4.78, 5) is 24.3. The zero-order chi connectivity index (χ0) is 14.5. The Morgan fingerprint density at radius 3 is 2.60 bits per heavy atom. The van der Waals surface area contributed by atoms with Crippen LogP contribution in [0.5, 0.6) is 5.75 Å². The number of para-hydroxylation sites is 2. The van der Waals surface area contributed by atoms with E-state index < -0.39 is 11.9 Å². The quantitative estimate of drug-likeness (QED) is 0.755. The molecular weight excluding hydrogens is 276 g/mol. The Kier molecular flexibility index (Phi) is 4.37. The summed E-state index contributed by atoms with van der Waals surface area (Å²) in [6.45, 7) is 1.58. The molecule has 0 bridgehead atoms. The van der Waals surface area contributed by atoms with Crippen molar-refractivity contribution in [1.29, 1.82) is 0 Å². The van der Waals surface area contributed by atoms with Gasteiger partial charge in [-0.25, -0.2) is 0 Å². The van der Waals surface area contributed by atoms with Gasteiger partial charge in [0, 0.05) is 0 Å². The standard InChI is InChI=1S/C14H14N2O3S/c1-9(15-14(19)12-7-4-8-20-12)13(18)16-10-5-2-3-6-11(10)17/h2-9,17H,1H3,(H,15,19)(H,16,18). The Labute approximate surface area is 120 Å². The Bertz CT molecular complexity index is 611. The van der Waals surface area contributed by atoms with Crippen molar-refractivity contribution in [3.05, 3.63) is 46.7 Å². The molecule has 0 saturated heterocycles. The number of carbonyl (C=O) groups excluding carboxylic acids is 2. The van der Waals surface area contributed by atoms with E-state index in [9.17, 15) is 14.7 Å². The third kappa shape index (κ3) is 3.36. The molecule has 6 heteroatoms. The number of phenols is 1. The number of rotatable bonds is 4. The molecule has 5 nitrogen and oxygen atoms in total. The molecule has 1 atom stereocenters. The van der Waals surface area contributed by atoms with Crippen molar-refractivity contribution < 1.29 is 14.7 Å². The first-order chi connectivity index (χ1) is 9.58. The van der Waals surface area contributed by atoms with Gasteiger partial charge in [-0.2, -0.15) is 0 Å². The van der Waals surface area contributed by atoms with Crippen molar-refractivity contribution in [2.24, 2.45) is 0 Å². The van der Waals surface area contributed by atoms with Crippen LogP contribution in [0.15, 0.2) is 41.8 Å². The number of benzene rings is 1. The molecule has 20 heavy (non-hydrogen) atoms. The van der Waals surface area contributed by atoms with E-state index in [0.29, 0.717) is 10.6 Å². The molecule has 2 amide bonds. The Hall–Kier alpha value is -2.34. The monoisotopic (exact) mass is 290 g/mol. The van der Waals surface area contributed by atoms with Gasteiger partial charge in [0.05, 0.1) is 10.6 Å². The van der Waals surface area contributed by atoms with E-state index in [4.69, 9.17) is 0 Å². The van der Waals surface area contributed by atoms with Gasteiger partial charge >= 0.3 is 0 Å². The highest BCUT2D eigenvalue weighted by atomic mass is 32.1. The molecule has 0 fully saturated rings. The number of hydrogen-bond donors (Lipinski definition) is 3. The summed E-state index contributed by atoms with van der Waals surface area (Å²) in [6.07, 6.45) is 0. The van der Waals surface area contributed by atoms with Crippen LogP contribution < -0.4 is 10.6 Å². The maximum Gasteiger partial charge on any atom is 0.261 e. The highest BCUT2D eigenvalue weighted by molar-refractivity contribution is 7.12. The number of amides is 2. The highest BCUT2D eigenvalue weighted by Crippen LogP contribution is 2.21. The minimum absolute atomic E-state index is 0.0161. The Morgan fingerprint density at radius 2 is 1.95 bits per heavy atom. The second kappa shape index (κ2) is 6.21. The van der Waals surface area contributed by atoms with Gasteiger partial charge in [0.1, 0.15) is 11.8 Å². The fraction of sp³-hybridized carbons (Fsp3) is 0.143. The number of nitrogens with one attached hydrogen (secondary N) is 2. The molecule has 1 heterocycles. The van der Waals surface area contributed by atoms with Gasteiger partial charge in [-0.05, 0) is 30.5 Å². The minimum atomic E-state index is -0.704. The summed E-state index contributed by atoms with van der Waals surface area (Å²) in [5, 5.41) is 16.5. The Balaban J connectivity index is 1.96. The van der Waals surface area contributed by atoms with Gasteiger partial charge in [0.2, 0.25) is 5.91 Å². The van der Waals surface area contributed by atoms with Crippen LogP contribution in [0.4, 0.5) is 5.69 Å². The number of aromatic hydroxyl groups is 1. The van der Waals surface area contributed by atoms with Gasteiger partial charge in [0.15, 0.2) is 0 Å². The highest BCUT2D eigenvalue weighted by Gasteiger charge is 2.17. The third-order valence-electron chi connectivity index (χ3n) is 2.65. The smallest absolute Gasteiger partial charge is 0.261 e. The van der Waals surface area contributed by atoms with E-state index in [1.807, 2.05) is 0 Å². The summed E-state index contributed by atoms with van der Waals surface area (Å²) in [6, 6.07) is 9.17. The van der Waals surface area contributed by atoms with Crippen LogP contribution in [-0.2, 0) is 4.79 Å². The van der Waals surface area contributed by atoms with Crippen molar-refractivity contribution >= 4 is 28.8 Å². The van der Waals surface area contributed by atoms with Crippen LogP contribution in [0.3, 0.4) is 0 Å². The van der Waals surface area contributed by atoms with Crippen LogP contribution in [0.1, 0.15) is 16.6 Å². The average Bonchev–Trinajstić information content (AvgIpc) is 2.95. The maximum absolute atomic E-state index is 11.9. The van der Waals surface area contributed by atoms with E-state index in [1.54, 1.807) is 42.6 Å². The second-order valence-electron chi connectivity index (χ2n) is 4.18. The van der Waals surface area contributed by atoms with Gasteiger partial charge in [-0.3, -0.25) is 9.59 Å². The summed E-state index contributed by atoms with van der Waals surface area (Å²) >= 11 is 1.31. The Morgan fingerprint density at radius 1 is 1.20 bits per heavy atom. The molecular formula is C14H14N2O3S. The van der Waals surface area contributed by atoms with Crippen molar-refractivity contribution in [3.8, 4) is 5.75 Å². The first kappa shape index (κ1) is 14.1. The number of carbonyl (C=O) groups is 2. The summed E-state index contributed by atoms with van der Waals surface area (Å²) in [7, 11) is 0. The number of phenolic OH excluding ortho intramolecular Hbond substituents is 1. The molecule has 1 unspecified atom stereocenters. The van der Waals surface area contributed by atoms with E-state index in [-0.39, 0.29) is 11.7 Å². The normalized spacial score (nSPS) is 11.7. The summed E-state index contributed by atoms with van der Waals surface area (Å²) in [5.41, 5.74) is 0.315. The third-order valence-corrected chi connectivity index (χ3v) is 3.52. The first-order valence-electron chi connectivity index (χ1n) is 6.01. The van der Waals surface area contributed by atoms with E-state index >= 15 is 0 Å². The van der Waals surface area contributed by atoms with Crippen molar-refractivity contribution in [2.45, 2.75) is 13.0 Å². The lowest BCUT2D eigenvalue weighted by Gasteiger charge is -2.14. The SMILES string of the molecule is CC(NC(=O)c1cccs1)C(=O)Nc1ccccc1O. The minimum Gasteiger partial charge on any atom is -0.506 e. The molecule has 0 aliphatic carbocycles. The largest absolute Gasteiger partial charge is 0.506 e. The van der Waals surface area contributed by atoms with Crippen molar-refractivity contribution in [2.75, 3.05) is 5.32 Å². The fourth-order valence-corrected chi connectivity index (χ4v) is 2.19. The van der Waals surface area contributed by atoms with Crippen LogP contribution in [-0.4, -0.2) is 23.0 Å². The average molecular weight is 290 g/mol. The van der Waals surface area contributed by atoms with E-state index in [1.165, 1.54) is 17.4 Å². The van der Waals surface area contributed by atoms with Crippen molar-refractivity contribution in [3.63, 3.8) is 0 Å². The molecule has 1 aromatic heterocycles. The molecule has 0 spiro atoms. The van der Waals surface area contributed by atoms with Gasteiger partial charge in [-0.1, -0.05) is 18.2 Å². The predicted molar refractivity (Wildman–Crippen MR) is 78.0 cm³/mol. The topological polar surface area (TPSA) is 78.4 Å². The van der Waals surface area contributed by atoms with Crippen LogP contribution in [0.25, 0.3) is 0 Å². The van der Waals surface area contributed by atoms with Crippen LogP contribution in [0, 0.1) is 0 Å². The van der Waals surface area contributed by atoms with E-state index in [2.05, 4.69) is 10.6 Å². The molecule has 104 valence electrons. The number of anilines is 1. The molecule has 0 aliphatic rings. The van der Waals surface area contributed by atoms with Gasteiger partial charge in [-0.15, -0.1) is 11.3 Å². The molecule has 2 aromatic rings. The summed E-state index contributed by atoms with van der Waals surface area (Å²) < 4.78 is 0. The van der Waals surface area contributed by atoms with Gasteiger partial charge in [0.25, 0.3) is 5.91 Å². The zero-order valence-electron chi connectivity index (χ0n) is 10.8. The second-order valence-corrected chi connectivity index (χ2v) is 5.13. The lowest BCUT2D eigenvalue weighted by molar-refractivity contribution is -0.117. The molecule has 3 N–H and O–H groups in total. The molecule has 0 aliphatic heterocycles. The maximum atomic E-state index is 11.9.